The summed E-state index contributed by atoms with van der Waals surface area (Å²) in [6.07, 6.45) is 0. The van der Waals surface area contributed by atoms with Crippen molar-refractivity contribution >= 4 is 46.8 Å². The summed E-state index contributed by atoms with van der Waals surface area (Å²) < 4.78 is 36.3. The number of rotatable bonds is 0. The van der Waals surface area contributed by atoms with Crippen LogP contribution in [-0.2, 0) is 0 Å². The van der Waals surface area contributed by atoms with E-state index in [1.54, 1.807) is 0 Å². The van der Waals surface area contributed by atoms with Crippen LogP contribution in [0, 0.1) is 0 Å². The predicted molar refractivity (Wildman–Crippen MR) is 64.1 cm³/mol. The summed E-state index contributed by atoms with van der Waals surface area (Å²) >= 11 is 6.01. The third-order valence-electron chi connectivity index (χ3n) is 2.25. The normalized spacial score (nSPS) is 15.0. The van der Waals surface area contributed by atoms with E-state index in [0.717, 1.165) is 0 Å². The van der Waals surface area contributed by atoms with Gasteiger partial charge in [0.15, 0.2) is 5.58 Å². The van der Waals surface area contributed by atoms with Crippen molar-refractivity contribution in [1.29, 1.82) is 0 Å². The van der Waals surface area contributed by atoms with Gasteiger partial charge in [0.25, 0.3) is 0 Å². The Labute approximate surface area is 98.7 Å². The zero-order valence-electron chi connectivity index (χ0n) is 11.5. The van der Waals surface area contributed by atoms with E-state index >= 15 is 0 Å². The summed E-state index contributed by atoms with van der Waals surface area (Å²) in [4.78, 5) is 0. The van der Waals surface area contributed by atoms with E-state index in [-0.39, 0.29) is 45.8 Å². The van der Waals surface area contributed by atoms with Crippen LogP contribution in [0.25, 0.3) is 21.9 Å². The van der Waals surface area contributed by atoms with Gasteiger partial charge in [-0.25, -0.2) is 0 Å². The van der Waals surface area contributed by atoms with Crippen molar-refractivity contribution in [1.82, 2.24) is 0 Å². The minimum Gasteiger partial charge on any atom is -0.455 e. The standard InChI is InChI=1S/C12H6BClO/c13-8-5-6-9(14)12-11(8)7-3-1-2-4-10(7)15-12/h1-6H/i1D,2D,4D,5D. The lowest BCUT2D eigenvalue weighted by molar-refractivity contribution is 0.669. The third kappa shape index (κ3) is 1.18. The Hall–Kier alpha value is -1.41. The quantitative estimate of drug-likeness (QED) is 0.527. The Bertz CT molecular complexity index is 843. The van der Waals surface area contributed by atoms with Crippen LogP contribution < -0.4 is 5.46 Å². The van der Waals surface area contributed by atoms with Crippen molar-refractivity contribution < 1.29 is 9.90 Å². The highest BCUT2D eigenvalue weighted by Gasteiger charge is 2.10. The number of hydrogen-bond acceptors (Lipinski definition) is 1. The monoisotopic (exact) mass is 216 g/mol. The molecule has 3 heteroatoms. The van der Waals surface area contributed by atoms with Gasteiger partial charge in [0.05, 0.1) is 10.5 Å². The summed E-state index contributed by atoms with van der Waals surface area (Å²) in [7, 11) is 5.86. The molecule has 0 amide bonds. The van der Waals surface area contributed by atoms with E-state index in [0.29, 0.717) is 10.8 Å². The molecule has 0 aliphatic heterocycles. The lowest BCUT2D eigenvalue weighted by Crippen LogP contribution is -2.01. The molecule has 0 unspecified atom stereocenters. The predicted octanol–water partition coefficient (Wildman–Crippen LogP) is 3.03. The number of para-hydroxylation sites is 1. The molecular weight excluding hydrogens is 206 g/mol. The molecule has 15 heavy (non-hydrogen) atoms. The zero-order valence-corrected chi connectivity index (χ0v) is 8.27. The molecule has 0 N–H and O–H groups in total. The molecule has 0 aliphatic rings. The SMILES string of the molecule is [2H]c1cc2c(oc3c(Cl)cc([2H])c([B])c32)c([2H])c1[2H]. The van der Waals surface area contributed by atoms with Gasteiger partial charge in [-0.05, 0) is 12.1 Å². The molecule has 0 fully saturated rings. The highest BCUT2D eigenvalue weighted by molar-refractivity contribution is 6.44. The molecule has 2 aromatic carbocycles. The average molecular weight is 216 g/mol. The Morgan fingerprint density at radius 2 is 2.13 bits per heavy atom. The van der Waals surface area contributed by atoms with Crippen molar-refractivity contribution in [3.8, 4) is 0 Å². The first kappa shape index (κ1) is 5.62. The lowest BCUT2D eigenvalue weighted by atomic mass is 9.91. The van der Waals surface area contributed by atoms with E-state index in [9.17, 15) is 0 Å². The molecule has 0 bridgehead atoms. The fraction of sp³-hybridized carbons (Fsp3) is 0. The summed E-state index contributed by atoms with van der Waals surface area (Å²) in [6.45, 7) is 0. The minimum atomic E-state index is -0.215. The van der Waals surface area contributed by atoms with Crippen molar-refractivity contribution in [2.75, 3.05) is 0 Å². The minimum absolute atomic E-state index is 0.0632. The van der Waals surface area contributed by atoms with Gasteiger partial charge in [-0.2, -0.15) is 0 Å². The van der Waals surface area contributed by atoms with Crippen molar-refractivity contribution in [2.45, 2.75) is 0 Å². The van der Waals surface area contributed by atoms with Crippen LogP contribution in [0.15, 0.2) is 40.7 Å². The first-order valence-electron chi connectivity index (χ1n) is 6.29. The topological polar surface area (TPSA) is 13.1 Å². The van der Waals surface area contributed by atoms with Crippen molar-refractivity contribution in [3.63, 3.8) is 0 Å². The highest BCUT2D eigenvalue weighted by atomic mass is 35.5. The van der Waals surface area contributed by atoms with Crippen molar-refractivity contribution in [3.05, 3.63) is 41.3 Å². The number of furan rings is 1. The van der Waals surface area contributed by atoms with Gasteiger partial charge in [-0.1, -0.05) is 41.3 Å². The lowest BCUT2D eigenvalue weighted by Gasteiger charge is -1.96. The van der Waals surface area contributed by atoms with Gasteiger partial charge in [0.1, 0.15) is 13.4 Å². The van der Waals surface area contributed by atoms with Gasteiger partial charge in [0.2, 0.25) is 0 Å². The van der Waals surface area contributed by atoms with Crippen LogP contribution in [0.5, 0.6) is 0 Å². The van der Waals surface area contributed by atoms with Gasteiger partial charge in [-0.3, -0.25) is 0 Å². The Balaban J connectivity index is 2.66. The molecule has 1 heterocycles. The summed E-state index contributed by atoms with van der Waals surface area (Å²) in [5.74, 6) is 0. The van der Waals surface area contributed by atoms with Gasteiger partial charge in [0, 0.05) is 10.8 Å². The first-order chi connectivity index (χ1) is 8.91. The van der Waals surface area contributed by atoms with Crippen LogP contribution in [0.3, 0.4) is 0 Å². The fourth-order valence-electron chi connectivity index (χ4n) is 1.59. The van der Waals surface area contributed by atoms with Gasteiger partial charge < -0.3 is 4.42 Å². The van der Waals surface area contributed by atoms with E-state index in [2.05, 4.69) is 0 Å². The van der Waals surface area contributed by atoms with Crippen LogP contribution >= 0.6 is 11.6 Å². The van der Waals surface area contributed by atoms with Crippen LogP contribution in [0.4, 0.5) is 0 Å². The molecule has 2 radical (unpaired) electrons. The maximum absolute atomic E-state index is 7.82. The number of fused-ring (bicyclic) bond motifs is 3. The zero-order chi connectivity index (χ0) is 13.9. The van der Waals surface area contributed by atoms with Gasteiger partial charge in [-0.15, -0.1) is 0 Å². The third-order valence-corrected chi connectivity index (χ3v) is 2.53. The molecule has 0 spiro atoms. The molecule has 1 nitrogen and oxygen atoms in total. The van der Waals surface area contributed by atoms with Crippen LogP contribution in [0.2, 0.25) is 5.02 Å². The first-order valence-corrected chi connectivity index (χ1v) is 4.67. The second-order valence-electron chi connectivity index (χ2n) is 3.14. The molecule has 0 saturated heterocycles. The molecular formula is C12H6BClO. The maximum atomic E-state index is 7.82. The van der Waals surface area contributed by atoms with E-state index in [1.165, 1.54) is 12.1 Å². The summed E-state index contributed by atoms with van der Waals surface area (Å²) in [5.41, 5.74) is 0.633. The second kappa shape index (κ2) is 3.04. The molecule has 3 rings (SSSR count). The molecule has 1 aromatic heterocycles. The largest absolute Gasteiger partial charge is 0.455 e. The second-order valence-corrected chi connectivity index (χ2v) is 3.55. The average Bonchev–Trinajstić information content (AvgIpc) is 2.73. The Morgan fingerprint density at radius 3 is 3.00 bits per heavy atom. The van der Waals surface area contributed by atoms with Crippen molar-refractivity contribution in [2.24, 2.45) is 0 Å². The van der Waals surface area contributed by atoms with Gasteiger partial charge >= 0.3 is 0 Å². The fourth-order valence-corrected chi connectivity index (χ4v) is 1.78. The molecule has 70 valence electrons. The van der Waals surface area contributed by atoms with Crippen LogP contribution in [-0.4, -0.2) is 7.85 Å². The molecule has 0 atom stereocenters. The van der Waals surface area contributed by atoms with E-state index in [4.69, 9.17) is 29.3 Å². The number of benzene rings is 2. The van der Waals surface area contributed by atoms with Crippen LogP contribution in [0.1, 0.15) is 5.48 Å². The smallest absolute Gasteiger partial charge is 0.153 e. The Kier molecular flexibility index (Phi) is 1.14. The molecule has 3 aromatic rings. The number of halogens is 1. The number of hydrogen-bond donors (Lipinski definition) is 0. The maximum Gasteiger partial charge on any atom is 0.153 e. The molecule has 0 aliphatic carbocycles. The van der Waals surface area contributed by atoms with E-state index < -0.39 is 0 Å². The Morgan fingerprint density at radius 1 is 1.27 bits per heavy atom. The highest BCUT2D eigenvalue weighted by Crippen LogP contribution is 2.31. The summed E-state index contributed by atoms with van der Waals surface area (Å²) in [5, 5.41) is 1.09. The molecule has 0 saturated carbocycles. The summed E-state index contributed by atoms with van der Waals surface area (Å²) in [6, 6.07) is 2.36. The van der Waals surface area contributed by atoms with E-state index in [1.807, 2.05) is 0 Å².